The number of nitrogens with two attached hydrogens (primary N) is 1. The summed E-state index contributed by atoms with van der Waals surface area (Å²) in [6.07, 6.45) is 0. The topological polar surface area (TPSA) is 106 Å². The van der Waals surface area contributed by atoms with Crippen LogP contribution in [0.3, 0.4) is 0 Å². The van der Waals surface area contributed by atoms with Crippen molar-refractivity contribution in [3.8, 4) is 0 Å². The van der Waals surface area contributed by atoms with Gasteiger partial charge in [0, 0.05) is 5.92 Å². The Labute approximate surface area is 138 Å². The molecule has 2 rings (SSSR count). The summed E-state index contributed by atoms with van der Waals surface area (Å²) in [7, 11) is -3.77. The van der Waals surface area contributed by atoms with E-state index in [9.17, 15) is 18.0 Å². The van der Waals surface area contributed by atoms with Crippen molar-refractivity contribution in [3.63, 3.8) is 0 Å². The molecule has 0 saturated heterocycles. The minimum Gasteiger partial charge on any atom is -0.366 e. The van der Waals surface area contributed by atoms with Crippen molar-refractivity contribution in [3.05, 3.63) is 42.0 Å². The lowest BCUT2D eigenvalue weighted by atomic mass is 10.2. The number of thiophene rings is 1. The van der Waals surface area contributed by atoms with E-state index < -0.39 is 15.7 Å². The van der Waals surface area contributed by atoms with Crippen LogP contribution in [0.2, 0.25) is 0 Å². The Kier molecular flexibility index (Phi) is 4.86. The Bertz CT molecular complexity index is 840. The van der Waals surface area contributed by atoms with Gasteiger partial charge in [0.05, 0.1) is 10.5 Å². The van der Waals surface area contributed by atoms with Crippen molar-refractivity contribution in [1.29, 1.82) is 0 Å². The van der Waals surface area contributed by atoms with E-state index in [2.05, 4.69) is 5.32 Å². The lowest BCUT2D eigenvalue weighted by molar-refractivity contribution is -0.118. The number of benzene rings is 1. The van der Waals surface area contributed by atoms with Crippen LogP contribution in [-0.4, -0.2) is 20.2 Å². The summed E-state index contributed by atoms with van der Waals surface area (Å²) in [6.45, 7) is 3.38. The summed E-state index contributed by atoms with van der Waals surface area (Å²) in [5, 5.41) is 2.69. The largest absolute Gasteiger partial charge is 0.366 e. The van der Waals surface area contributed by atoms with Gasteiger partial charge in [-0.3, -0.25) is 9.59 Å². The second kappa shape index (κ2) is 6.51. The first-order valence-corrected chi connectivity index (χ1v) is 9.08. The summed E-state index contributed by atoms with van der Waals surface area (Å²) >= 11 is 0.815. The number of rotatable bonds is 5. The summed E-state index contributed by atoms with van der Waals surface area (Å²) in [5.41, 5.74) is 5.27. The van der Waals surface area contributed by atoms with E-state index in [4.69, 9.17) is 5.73 Å². The average molecular weight is 352 g/mol. The van der Waals surface area contributed by atoms with Gasteiger partial charge < -0.3 is 11.1 Å². The maximum Gasteiger partial charge on any atom is 0.251 e. The zero-order valence-electron chi connectivity index (χ0n) is 12.6. The highest BCUT2D eigenvalue weighted by Crippen LogP contribution is 2.34. The molecule has 3 N–H and O–H groups in total. The van der Waals surface area contributed by atoms with Crippen molar-refractivity contribution >= 4 is 38.0 Å². The molecule has 2 aromatic rings. The van der Waals surface area contributed by atoms with Crippen LogP contribution in [0, 0.1) is 5.92 Å². The lowest BCUT2D eigenvalue weighted by Gasteiger charge is -2.06. The summed E-state index contributed by atoms with van der Waals surface area (Å²) in [6, 6.07) is 9.05. The Balaban J connectivity index is 2.49. The standard InChI is InChI=1S/C15H16N2O4S2/c1-9(2)14(19)17-15-11(13(16)18)8-12(22-15)23(20,21)10-6-4-3-5-7-10/h3-9H,1-2H3,(H2,16,18)(H,17,19). The zero-order chi connectivity index (χ0) is 17.2. The molecule has 1 aromatic carbocycles. The van der Waals surface area contributed by atoms with E-state index in [0.717, 1.165) is 11.3 Å². The van der Waals surface area contributed by atoms with Crippen LogP contribution in [0.4, 0.5) is 5.00 Å². The monoisotopic (exact) mass is 352 g/mol. The van der Waals surface area contributed by atoms with E-state index >= 15 is 0 Å². The van der Waals surface area contributed by atoms with Gasteiger partial charge in [-0.1, -0.05) is 32.0 Å². The zero-order valence-corrected chi connectivity index (χ0v) is 14.2. The number of primary amides is 1. The minimum atomic E-state index is -3.77. The van der Waals surface area contributed by atoms with Crippen LogP contribution in [0.5, 0.6) is 0 Å². The molecule has 8 heteroatoms. The normalized spacial score (nSPS) is 11.4. The molecule has 0 spiro atoms. The Morgan fingerprint density at radius 3 is 2.30 bits per heavy atom. The van der Waals surface area contributed by atoms with Crippen LogP contribution < -0.4 is 11.1 Å². The van der Waals surface area contributed by atoms with Crippen LogP contribution >= 0.6 is 11.3 Å². The minimum absolute atomic E-state index is 0.0153. The molecule has 23 heavy (non-hydrogen) atoms. The van der Waals surface area contributed by atoms with Crippen LogP contribution in [-0.2, 0) is 14.6 Å². The van der Waals surface area contributed by atoms with Gasteiger partial charge in [0.15, 0.2) is 0 Å². The Hall–Kier alpha value is -2.19. The molecule has 2 amide bonds. The first kappa shape index (κ1) is 17.2. The molecule has 0 aliphatic rings. The highest BCUT2D eigenvalue weighted by Gasteiger charge is 2.25. The van der Waals surface area contributed by atoms with Gasteiger partial charge in [-0.05, 0) is 18.2 Å². The number of hydrogen-bond acceptors (Lipinski definition) is 5. The molecule has 0 saturated carbocycles. The van der Waals surface area contributed by atoms with Crippen LogP contribution in [0.25, 0.3) is 0 Å². The number of sulfone groups is 1. The smallest absolute Gasteiger partial charge is 0.251 e. The van der Waals surface area contributed by atoms with Gasteiger partial charge in [-0.15, -0.1) is 11.3 Å². The third kappa shape index (κ3) is 3.59. The first-order chi connectivity index (χ1) is 10.7. The first-order valence-electron chi connectivity index (χ1n) is 6.78. The summed E-state index contributed by atoms with van der Waals surface area (Å²) in [5.74, 6) is -1.43. The SMILES string of the molecule is CC(C)C(=O)Nc1sc(S(=O)(=O)c2ccccc2)cc1C(N)=O. The molecule has 0 bridgehead atoms. The molecule has 0 fully saturated rings. The molecule has 0 aliphatic carbocycles. The van der Waals surface area contributed by atoms with Crippen molar-refractivity contribution in [2.75, 3.05) is 5.32 Å². The Morgan fingerprint density at radius 2 is 1.78 bits per heavy atom. The molecule has 6 nitrogen and oxygen atoms in total. The molecule has 0 unspecified atom stereocenters. The quantitative estimate of drug-likeness (QED) is 0.861. The Morgan fingerprint density at radius 1 is 1.17 bits per heavy atom. The van der Waals surface area contributed by atoms with E-state index in [1.54, 1.807) is 32.0 Å². The van der Waals surface area contributed by atoms with Crippen molar-refractivity contribution in [2.24, 2.45) is 11.7 Å². The predicted octanol–water partition coefficient (Wildman–Crippen LogP) is 2.27. The molecule has 122 valence electrons. The van der Waals surface area contributed by atoms with Gasteiger partial charge in [0.1, 0.15) is 9.21 Å². The molecule has 0 radical (unpaired) electrons. The second-order valence-electron chi connectivity index (χ2n) is 5.13. The van der Waals surface area contributed by atoms with Crippen molar-refractivity contribution in [1.82, 2.24) is 0 Å². The molecule has 1 heterocycles. The van der Waals surface area contributed by atoms with Crippen molar-refractivity contribution < 1.29 is 18.0 Å². The number of nitrogens with one attached hydrogen (secondary N) is 1. The maximum atomic E-state index is 12.6. The number of carbonyl (C=O) groups excluding carboxylic acids is 2. The average Bonchev–Trinajstić information content (AvgIpc) is 2.93. The molecule has 1 aromatic heterocycles. The molecular weight excluding hydrogens is 336 g/mol. The third-order valence-corrected chi connectivity index (χ3v) is 6.35. The van der Waals surface area contributed by atoms with E-state index in [-0.39, 0.29) is 31.5 Å². The van der Waals surface area contributed by atoms with E-state index in [1.807, 2.05) is 0 Å². The number of amides is 2. The second-order valence-corrected chi connectivity index (χ2v) is 8.36. The van der Waals surface area contributed by atoms with Crippen molar-refractivity contribution in [2.45, 2.75) is 23.0 Å². The highest BCUT2D eigenvalue weighted by atomic mass is 32.2. The van der Waals surface area contributed by atoms with Gasteiger partial charge in [-0.2, -0.15) is 0 Å². The van der Waals surface area contributed by atoms with E-state index in [0.29, 0.717) is 0 Å². The third-order valence-electron chi connectivity index (χ3n) is 3.05. The summed E-state index contributed by atoms with van der Waals surface area (Å²) < 4.78 is 25.1. The summed E-state index contributed by atoms with van der Waals surface area (Å²) in [4.78, 5) is 23.5. The van der Waals surface area contributed by atoms with Gasteiger partial charge in [-0.25, -0.2) is 8.42 Å². The highest BCUT2D eigenvalue weighted by molar-refractivity contribution is 7.93. The molecular formula is C15H16N2O4S2. The number of carbonyl (C=O) groups is 2. The van der Waals surface area contributed by atoms with E-state index in [1.165, 1.54) is 18.2 Å². The molecule has 0 aliphatic heterocycles. The number of hydrogen-bond donors (Lipinski definition) is 2. The lowest BCUT2D eigenvalue weighted by Crippen LogP contribution is -2.20. The fourth-order valence-electron chi connectivity index (χ4n) is 1.75. The van der Waals surface area contributed by atoms with Gasteiger partial charge in [0.2, 0.25) is 15.7 Å². The predicted molar refractivity (Wildman–Crippen MR) is 88.2 cm³/mol. The fraction of sp³-hybridized carbons (Fsp3) is 0.200. The van der Waals surface area contributed by atoms with Gasteiger partial charge in [0.25, 0.3) is 5.91 Å². The molecule has 0 atom stereocenters. The van der Waals surface area contributed by atoms with Crippen LogP contribution in [0.1, 0.15) is 24.2 Å². The fourth-order valence-corrected chi connectivity index (χ4v) is 4.55. The maximum absolute atomic E-state index is 12.6. The van der Waals surface area contributed by atoms with Crippen LogP contribution in [0.15, 0.2) is 45.5 Å². The van der Waals surface area contributed by atoms with Gasteiger partial charge >= 0.3 is 0 Å². The number of anilines is 1.